The second kappa shape index (κ2) is 4.87. The first-order valence-electron chi connectivity index (χ1n) is 5.57. The summed E-state index contributed by atoms with van der Waals surface area (Å²) >= 11 is 0. The van der Waals surface area contributed by atoms with Gasteiger partial charge in [0.2, 0.25) is 5.91 Å². The second-order valence-electron chi connectivity index (χ2n) is 4.17. The SMILES string of the molecule is Cc1ccc(C)c(NC(=O)Cn2ncc(N)n2)c1. The first-order chi connectivity index (χ1) is 8.54. The number of nitrogens with zero attached hydrogens (tertiary/aromatic N) is 3. The highest BCUT2D eigenvalue weighted by Crippen LogP contribution is 2.16. The summed E-state index contributed by atoms with van der Waals surface area (Å²) in [7, 11) is 0. The lowest BCUT2D eigenvalue weighted by Crippen LogP contribution is -2.20. The van der Waals surface area contributed by atoms with E-state index >= 15 is 0 Å². The standard InChI is InChI=1S/C12H15N5O/c1-8-3-4-9(2)10(5-8)15-12(18)7-17-14-6-11(13)16-17/h3-6H,7H2,1-2H3,(H2,13,16)(H,15,18). The summed E-state index contributed by atoms with van der Waals surface area (Å²) < 4.78 is 0. The number of hydrogen-bond acceptors (Lipinski definition) is 4. The molecule has 0 radical (unpaired) electrons. The van der Waals surface area contributed by atoms with Crippen LogP contribution in [0.25, 0.3) is 0 Å². The molecule has 0 atom stereocenters. The van der Waals surface area contributed by atoms with Gasteiger partial charge in [-0.3, -0.25) is 4.79 Å². The molecule has 1 aromatic heterocycles. The van der Waals surface area contributed by atoms with Crippen LogP contribution < -0.4 is 11.1 Å². The summed E-state index contributed by atoms with van der Waals surface area (Å²) in [5, 5.41) is 10.5. The molecule has 2 rings (SSSR count). The molecule has 94 valence electrons. The normalized spacial score (nSPS) is 10.3. The van der Waals surface area contributed by atoms with Crippen molar-refractivity contribution in [3.8, 4) is 0 Å². The predicted molar refractivity (Wildman–Crippen MR) is 69.0 cm³/mol. The summed E-state index contributed by atoms with van der Waals surface area (Å²) in [6.45, 7) is 3.97. The van der Waals surface area contributed by atoms with Crippen LogP contribution in [-0.2, 0) is 11.3 Å². The third-order valence-corrected chi connectivity index (χ3v) is 2.51. The van der Waals surface area contributed by atoms with Crippen molar-refractivity contribution in [1.29, 1.82) is 0 Å². The van der Waals surface area contributed by atoms with Crippen LogP contribution in [-0.4, -0.2) is 20.9 Å². The maximum atomic E-state index is 11.8. The largest absolute Gasteiger partial charge is 0.381 e. The van der Waals surface area contributed by atoms with Gasteiger partial charge < -0.3 is 11.1 Å². The van der Waals surface area contributed by atoms with E-state index < -0.39 is 0 Å². The Hall–Kier alpha value is -2.37. The van der Waals surface area contributed by atoms with Crippen molar-refractivity contribution in [2.24, 2.45) is 0 Å². The van der Waals surface area contributed by atoms with Gasteiger partial charge in [0, 0.05) is 5.69 Å². The van der Waals surface area contributed by atoms with E-state index in [1.165, 1.54) is 11.0 Å². The molecule has 1 heterocycles. The average Bonchev–Trinajstić information content (AvgIpc) is 2.69. The van der Waals surface area contributed by atoms with Gasteiger partial charge in [-0.05, 0) is 31.0 Å². The fourth-order valence-electron chi connectivity index (χ4n) is 1.58. The Morgan fingerprint density at radius 2 is 2.22 bits per heavy atom. The van der Waals surface area contributed by atoms with E-state index in [1.807, 2.05) is 32.0 Å². The average molecular weight is 245 g/mol. The van der Waals surface area contributed by atoms with Gasteiger partial charge in [-0.1, -0.05) is 12.1 Å². The minimum Gasteiger partial charge on any atom is -0.381 e. The van der Waals surface area contributed by atoms with Gasteiger partial charge in [-0.15, -0.1) is 5.10 Å². The molecule has 1 amide bonds. The minimum absolute atomic E-state index is 0.0462. The summed E-state index contributed by atoms with van der Waals surface area (Å²) in [6, 6.07) is 5.90. The third kappa shape index (κ3) is 2.85. The summed E-state index contributed by atoms with van der Waals surface area (Å²) in [4.78, 5) is 13.1. The molecule has 1 aromatic carbocycles. The monoisotopic (exact) mass is 245 g/mol. The molecular formula is C12H15N5O. The molecule has 0 aliphatic carbocycles. The molecule has 0 fully saturated rings. The maximum absolute atomic E-state index is 11.8. The fraction of sp³-hybridized carbons (Fsp3) is 0.250. The zero-order valence-electron chi connectivity index (χ0n) is 10.3. The number of rotatable bonds is 3. The number of benzene rings is 1. The minimum atomic E-state index is -0.181. The van der Waals surface area contributed by atoms with Crippen LogP contribution >= 0.6 is 0 Å². The van der Waals surface area contributed by atoms with Crippen molar-refractivity contribution in [2.75, 3.05) is 11.1 Å². The number of nitrogens with one attached hydrogen (secondary N) is 1. The predicted octanol–water partition coefficient (Wildman–Crippen LogP) is 1.12. The topological polar surface area (TPSA) is 85.8 Å². The molecule has 2 aromatic rings. The van der Waals surface area contributed by atoms with E-state index in [2.05, 4.69) is 15.5 Å². The van der Waals surface area contributed by atoms with Crippen molar-refractivity contribution >= 4 is 17.4 Å². The van der Waals surface area contributed by atoms with E-state index in [0.717, 1.165) is 16.8 Å². The molecule has 0 spiro atoms. The number of nitrogens with two attached hydrogens (primary N) is 1. The molecule has 6 heteroatoms. The van der Waals surface area contributed by atoms with Gasteiger partial charge in [-0.25, -0.2) is 0 Å². The zero-order chi connectivity index (χ0) is 13.1. The van der Waals surface area contributed by atoms with Crippen molar-refractivity contribution < 1.29 is 4.79 Å². The number of anilines is 2. The van der Waals surface area contributed by atoms with Gasteiger partial charge in [0.05, 0.1) is 6.20 Å². The number of hydrogen-bond donors (Lipinski definition) is 2. The van der Waals surface area contributed by atoms with Gasteiger partial charge in [0.15, 0.2) is 5.82 Å². The number of amides is 1. The Morgan fingerprint density at radius 3 is 2.89 bits per heavy atom. The van der Waals surface area contributed by atoms with Crippen molar-refractivity contribution in [1.82, 2.24) is 15.0 Å². The van der Waals surface area contributed by atoms with Crippen LogP contribution in [0.4, 0.5) is 11.5 Å². The Balaban J connectivity index is 2.05. The first-order valence-corrected chi connectivity index (χ1v) is 5.57. The number of aromatic nitrogens is 3. The van der Waals surface area contributed by atoms with Crippen LogP contribution in [0, 0.1) is 13.8 Å². The molecule has 18 heavy (non-hydrogen) atoms. The van der Waals surface area contributed by atoms with Gasteiger partial charge in [-0.2, -0.15) is 9.90 Å². The maximum Gasteiger partial charge on any atom is 0.247 e. The van der Waals surface area contributed by atoms with E-state index in [1.54, 1.807) is 0 Å². The summed E-state index contributed by atoms with van der Waals surface area (Å²) in [6.07, 6.45) is 1.41. The lowest BCUT2D eigenvalue weighted by Gasteiger charge is -2.08. The van der Waals surface area contributed by atoms with Crippen LogP contribution in [0.1, 0.15) is 11.1 Å². The highest BCUT2D eigenvalue weighted by molar-refractivity contribution is 5.91. The quantitative estimate of drug-likeness (QED) is 0.848. The van der Waals surface area contributed by atoms with Crippen molar-refractivity contribution in [2.45, 2.75) is 20.4 Å². The Kier molecular flexibility index (Phi) is 3.27. The Labute approximate surface area is 105 Å². The smallest absolute Gasteiger partial charge is 0.247 e. The van der Waals surface area contributed by atoms with Gasteiger partial charge in [0.1, 0.15) is 6.54 Å². The van der Waals surface area contributed by atoms with Gasteiger partial charge in [0.25, 0.3) is 0 Å². The number of carbonyl (C=O) groups excluding carboxylic acids is 1. The molecular weight excluding hydrogens is 230 g/mol. The van der Waals surface area contributed by atoms with E-state index in [0.29, 0.717) is 5.82 Å². The van der Waals surface area contributed by atoms with E-state index in [4.69, 9.17) is 5.73 Å². The highest BCUT2D eigenvalue weighted by atomic mass is 16.2. The number of carbonyl (C=O) groups is 1. The number of nitrogen functional groups attached to an aromatic ring is 1. The van der Waals surface area contributed by atoms with E-state index in [9.17, 15) is 4.79 Å². The van der Waals surface area contributed by atoms with Crippen LogP contribution in [0.2, 0.25) is 0 Å². The van der Waals surface area contributed by atoms with E-state index in [-0.39, 0.29) is 12.5 Å². The first kappa shape index (κ1) is 12.1. The molecule has 0 bridgehead atoms. The summed E-state index contributed by atoms with van der Waals surface area (Å²) in [5.74, 6) is 0.119. The lowest BCUT2D eigenvalue weighted by molar-refractivity contribution is -0.117. The Morgan fingerprint density at radius 1 is 1.44 bits per heavy atom. The highest BCUT2D eigenvalue weighted by Gasteiger charge is 2.07. The molecule has 0 aliphatic heterocycles. The fourth-order valence-corrected chi connectivity index (χ4v) is 1.58. The molecule has 0 unspecified atom stereocenters. The molecule has 0 saturated heterocycles. The zero-order valence-corrected chi connectivity index (χ0v) is 10.3. The van der Waals surface area contributed by atoms with Gasteiger partial charge >= 0.3 is 0 Å². The summed E-state index contributed by atoms with van der Waals surface area (Å²) in [5.41, 5.74) is 8.34. The molecule has 3 N–H and O–H groups in total. The second-order valence-corrected chi connectivity index (χ2v) is 4.17. The Bertz CT molecular complexity index is 576. The van der Waals surface area contributed by atoms with Crippen LogP contribution in [0.15, 0.2) is 24.4 Å². The molecule has 6 nitrogen and oxygen atoms in total. The van der Waals surface area contributed by atoms with Crippen LogP contribution in [0.5, 0.6) is 0 Å². The third-order valence-electron chi connectivity index (χ3n) is 2.51. The number of aryl methyl sites for hydroxylation is 2. The molecule has 0 aliphatic rings. The van der Waals surface area contributed by atoms with Crippen molar-refractivity contribution in [3.63, 3.8) is 0 Å². The molecule has 0 saturated carbocycles. The lowest BCUT2D eigenvalue weighted by atomic mass is 10.1. The van der Waals surface area contributed by atoms with Crippen LogP contribution in [0.3, 0.4) is 0 Å². The van der Waals surface area contributed by atoms with Crippen molar-refractivity contribution in [3.05, 3.63) is 35.5 Å².